The lowest BCUT2D eigenvalue weighted by molar-refractivity contribution is -0.238. The van der Waals surface area contributed by atoms with Gasteiger partial charge in [-0.3, -0.25) is 4.79 Å². The Labute approximate surface area is 82.9 Å². The van der Waals surface area contributed by atoms with Crippen LogP contribution < -0.4 is 5.73 Å². The molecule has 0 bridgehead atoms. The maximum absolute atomic E-state index is 11.8. The number of carbonyl (C=O) groups is 2. The third-order valence-electron chi connectivity index (χ3n) is 1.71. The zero-order valence-electron chi connectivity index (χ0n) is 7.58. The van der Waals surface area contributed by atoms with Crippen molar-refractivity contribution in [3.63, 3.8) is 0 Å². The molecular formula is C7H9F3N2O3. The first-order valence-corrected chi connectivity index (χ1v) is 4.17. The smallest absolute Gasteiger partial charge is 0.329 e. The first-order valence-electron chi connectivity index (χ1n) is 4.17. The van der Waals surface area contributed by atoms with Crippen LogP contribution in [0.3, 0.4) is 0 Å². The van der Waals surface area contributed by atoms with E-state index in [2.05, 4.69) is 4.84 Å². The fraction of sp³-hybridized carbons (Fsp3) is 0.714. The predicted molar refractivity (Wildman–Crippen MR) is 41.1 cm³/mol. The van der Waals surface area contributed by atoms with E-state index in [1.165, 1.54) is 0 Å². The molecule has 0 aliphatic heterocycles. The number of hydrogen-bond acceptors (Lipinski definition) is 4. The summed E-state index contributed by atoms with van der Waals surface area (Å²) < 4.78 is 35.5. The summed E-state index contributed by atoms with van der Waals surface area (Å²) in [6, 6.07) is -0.465. The quantitative estimate of drug-likeness (QED) is 0.670. The van der Waals surface area contributed by atoms with E-state index in [0.717, 1.165) is 0 Å². The monoisotopic (exact) mass is 226 g/mol. The molecule has 1 fully saturated rings. The fourth-order valence-corrected chi connectivity index (χ4v) is 0.869. The Hall–Kier alpha value is -1.31. The van der Waals surface area contributed by atoms with Crippen LogP contribution in [0, 0.1) is 0 Å². The van der Waals surface area contributed by atoms with Crippen LogP contribution in [0.25, 0.3) is 0 Å². The van der Waals surface area contributed by atoms with E-state index in [-0.39, 0.29) is 0 Å². The Balaban J connectivity index is 2.59. The molecule has 0 aromatic carbocycles. The molecule has 0 aromatic rings. The van der Waals surface area contributed by atoms with Crippen molar-refractivity contribution in [1.29, 1.82) is 0 Å². The largest absolute Gasteiger partial charge is 0.493 e. The molecule has 15 heavy (non-hydrogen) atoms. The molecule has 1 saturated carbocycles. The molecule has 0 atom stereocenters. The number of nitrogens with two attached hydrogens (primary N) is 1. The molecule has 5 nitrogen and oxygen atoms in total. The highest BCUT2D eigenvalue weighted by molar-refractivity contribution is 5.81. The van der Waals surface area contributed by atoms with Crippen molar-refractivity contribution < 1.29 is 27.6 Å². The topological polar surface area (TPSA) is 72.6 Å². The second-order valence-electron chi connectivity index (χ2n) is 3.03. The third kappa shape index (κ3) is 3.08. The van der Waals surface area contributed by atoms with Gasteiger partial charge in [0.25, 0.3) is 5.91 Å². The average Bonchev–Trinajstić information content (AvgIpc) is 2.94. The molecule has 0 spiro atoms. The minimum Gasteiger partial charge on any atom is -0.329 e. The summed E-state index contributed by atoms with van der Waals surface area (Å²) in [5.41, 5.74) is 4.96. The molecule has 1 amide bonds. The maximum atomic E-state index is 11.8. The number of nitrogens with zero attached hydrogens (tertiary/aromatic N) is 1. The van der Waals surface area contributed by atoms with Crippen molar-refractivity contribution in [3.05, 3.63) is 0 Å². The van der Waals surface area contributed by atoms with Gasteiger partial charge in [0.2, 0.25) is 0 Å². The van der Waals surface area contributed by atoms with Crippen LogP contribution in [-0.4, -0.2) is 35.7 Å². The van der Waals surface area contributed by atoms with E-state index in [4.69, 9.17) is 5.73 Å². The molecule has 0 heterocycles. The summed E-state index contributed by atoms with van der Waals surface area (Å²) in [5, 5.41) is 0.413. The van der Waals surface area contributed by atoms with Crippen molar-refractivity contribution in [1.82, 2.24) is 5.06 Å². The van der Waals surface area contributed by atoms with Gasteiger partial charge in [0.1, 0.15) is 0 Å². The van der Waals surface area contributed by atoms with E-state index in [1.54, 1.807) is 0 Å². The standard InChI is InChI=1S/C7H9F3N2O3/c8-7(9,10)6(14)15-12(4-1-2-4)5(13)3-11/h4H,1-3,11H2. The first kappa shape index (κ1) is 11.8. The van der Waals surface area contributed by atoms with Crippen LogP contribution >= 0.6 is 0 Å². The summed E-state index contributed by atoms with van der Waals surface area (Å²) in [6.07, 6.45) is -4.09. The number of amides is 1. The molecule has 0 unspecified atom stereocenters. The van der Waals surface area contributed by atoms with Gasteiger partial charge in [0.05, 0.1) is 12.6 Å². The Kier molecular flexibility index (Phi) is 3.18. The molecule has 8 heteroatoms. The molecule has 1 aliphatic rings. The normalized spacial score (nSPS) is 16.0. The maximum Gasteiger partial charge on any atom is 0.493 e. The number of hydroxylamine groups is 2. The van der Waals surface area contributed by atoms with Crippen LogP contribution in [0.15, 0.2) is 0 Å². The zero-order valence-corrected chi connectivity index (χ0v) is 7.58. The van der Waals surface area contributed by atoms with Crippen LogP contribution in [0.4, 0.5) is 13.2 Å². The third-order valence-corrected chi connectivity index (χ3v) is 1.71. The lowest BCUT2D eigenvalue weighted by Crippen LogP contribution is -2.42. The van der Waals surface area contributed by atoms with Crippen molar-refractivity contribution in [3.8, 4) is 0 Å². The average molecular weight is 226 g/mol. The highest BCUT2D eigenvalue weighted by Gasteiger charge is 2.45. The van der Waals surface area contributed by atoms with Crippen molar-refractivity contribution >= 4 is 11.9 Å². The number of hydrogen-bond donors (Lipinski definition) is 1. The van der Waals surface area contributed by atoms with E-state index in [0.29, 0.717) is 17.9 Å². The lowest BCUT2D eigenvalue weighted by Gasteiger charge is -2.20. The summed E-state index contributed by atoms with van der Waals surface area (Å²) in [5.74, 6) is -3.24. The van der Waals surface area contributed by atoms with E-state index < -0.39 is 30.6 Å². The van der Waals surface area contributed by atoms with Crippen molar-refractivity contribution in [2.24, 2.45) is 5.73 Å². The number of rotatable bonds is 2. The summed E-state index contributed by atoms with van der Waals surface area (Å²) >= 11 is 0. The SMILES string of the molecule is NCC(=O)N(OC(=O)C(F)(F)F)C1CC1. The van der Waals surface area contributed by atoms with Gasteiger partial charge in [-0.25, -0.2) is 4.79 Å². The van der Waals surface area contributed by atoms with Gasteiger partial charge >= 0.3 is 12.1 Å². The highest BCUT2D eigenvalue weighted by Crippen LogP contribution is 2.28. The molecule has 0 radical (unpaired) electrons. The number of halogens is 3. The minimum absolute atomic E-state index is 0.413. The van der Waals surface area contributed by atoms with E-state index in [1.807, 2.05) is 0 Å². The summed E-state index contributed by atoms with van der Waals surface area (Å²) in [7, 11) is 0. The van der Waals surface area contributed by atoms with Gasteiger partial charge in [-0.15, -0.1) is 0 Å². The second kappa shape index (κ2) is 4.05. The van der Waals surface area contributed by atoms with Gasteiger partial charge in [0.15, 0.2) is 0 Å². The molecular weight excluding hydrogens is 217 g/mol. The zero-order chi connectivity index (χ0) is 11.6. The Morgan fingerprint density at radius 2 is 1.93 bits per heavy atom. The Bertz CT molecular complexity index is 275. The molecule has 0 saturated heterocycles. The van der Waals surface area contributed by atoms with Gasteiger partial charge in [0, 0.05) is 0 Å². The first-order chi connectivity index (χ1) is 6.86. The number of alkyl halides is 3. The predicted octanol–water partition coefficient (Wildman–Crippen LogP) is -0.0434. The Morgan fingerprint density at radius 1 is 1.40 bits per heavy atom. The molecule has 1 rings (SSSR count). The van der Waals surface area contributed by atoms with Crippen molar-refractivity contribution in [2.75, 3.05) is 6.54 Å². The van der Waals surface area contributed by atoms with Crippen molar-refractivity contribution in [2.45, 2.75) is 25.1 Å². The van der Waals surface area contributed by atoms with E-state index >= 15 is 0 Å². The van der Waals surface area contributed by atoms with Gasteiger partial charge < -0.3 is 10.6 Å². The van der Waals surface area contributed by atoms with Gasteiger partial charge in [-0.05, 0) is 12.8 Å². The van der Waals surface area contributed by atoms with E-state index in [9.17, 15) is 22.8 Å². The number of carbonyl (C=O) groups excluding carboxylic acids is 2. The minimum atomic E-state index is -5.11. The fourth-order valence-electron chi connectivity index (χ4n) is 0.869. The summed E-state index contributed by atoms with van der Waals surface area (Å²) in [4.78, 5) is 25.4. The van der Waals surface area contributed by atoms with Gasteiger partial charge in [-0.2, -0.15) is 18.2 Å². The molecule has 0 aromatic heterocycles. The van der Waals surface area contributed by atoms with Crippen LogP contribution in [0.2, 0.25) is 0 Å². The van der Waals surface area contributed by atoms with Crippen LogP contribution in [0.1, 0.15) is 12.8 Å². The molecule has 2 N–H and O–H groups in total. The van der Waals surface area contributed by atoms with Crippen LogP contribution in [-0.2, 0) is 14.4 Å². The summed E-state index contributed by atoms with van der Waals surface area (Å²) in [6.45, 7) is -0.498. The molecule has 1 aliphatic carbocycles. The lowest BCUT2D eigenvalue weighted by atomic mass is 10.5. The van der Waals surface area contributed by atoms with Gasteiger partial charge in [-0.1, -0.05) is 0 Å². The van der Waals surface area contributed by atoms with Crippen LogP contribution in [0.5, 0.6) is 0 Å². The second-order valence-corrected chi connectivity index (χ2v) is 3.03. The molecule has 86 valence electrons. The Morgan fingerprint density at radius 3 is 2.27 bits per heavy atom. The highest BCUT2D eigenvalue weighted by atomic mass is 19.4.